The van der Waals surface area contributed by atoms with Crippen LogP contribution in [0, 0.1) is 4.64 Å². The van der Waals surface area contributed by atoms with Crippen molar-refractivity contribution in [3.05, 3.63) is 105 Å². The highest BCUT2D eigenvalue weighted by molar-refractivity contribution is 9.10. The Morgan fingerprint density at radius 1 is 0.821 bits per heavy atom. The Hall–Kier alpha value is -2.89. The fraction of sp³-hybridized carbons (Fsp3) is 0. The van der Waals surface area contributed by atoms with Gasteiger partial charge in [0.25, 0.3) is 0 Å². The minimum Gasteiger partial charge on any atom is -0.437 e. The van der Waals surface area contributed by atoms with Crippen LogP contribution < -0.4 is 0 Å². The van der Waals surface area contributed by atoms with E-state index in [-0.39, 0.29) is 10.4 Å². The van der Waals surface area contributed by atoms with E-state index in [0.29, 0.717) is 22.8 Å². The zero-order valence-corrected chi connectivity index (χ0v) is 17.0. The molecule has 0 aliphatic heterocycles. The van der Waals surface area contributed by atoms with Gasteiger partial charge >= 0.3 is 0 Å². The smallest absolute Gasteiger partial charge is 0.227 e. The molecule has 0 aliphatic rings. The molecule has 3 nitrogen and oxygen atoms in total. The summed E-state index contributed by atoms with van der Waals surface area (Å²) >= 11 is 8.95. The van der Waals surface area contributed by atoms with Crippen molar-refractivity contribution in [2.24, 2.45) is 0 Å². The molecule has 0 bridgehead atoms. The van der Waals surface area contributed by atoms with E-state index in [9.17, 15) is 4.79 Å². The Morgan fingerprint density at radius 2 is 1.43 bits per heavy atom. The summed E-state index contributed by atoms with van der Waals surface area (Å²) < 4.78 is 7.30. The lowest BCUT2D eigenvalue weighted by Gasteiger charge is -2.11. The summed E-state index contributed by atoms with van der Waals surface area (Å²) in [5.41, 5.74) is 2.39. The molecule has 4 aromatic rings. The second kappa shape index (κ2) is 8.00. The minimum atomic E-state index is -0.206. The molecule has 1 aromatic heterocycles. The van der Waals surface area contributed by atoms with Crippen LogP contribution in [0.1, 0.15) is 15.9 Å². The number of carbonyl (C=O) groups excluding carboxylic acids is 1. The van der Waals surface area contributed by atoms with Gasteiger partial charge in [0, 0.05) is 21.2 Å². The average molecular weight is 448 g/mol. The van der Waals surface area contributed by atoms with Gasteiger partial charge in [-0.1, -0.05) is 88.8 Å². The highest BCUT2D eigenvalue weighted by Crippen LogP contribution is 2.31. The Kier molecular flexibility index (Phi) is 5.28. The molecular weight excluding hydrogens is 434 g/mol. The zero-order chi connectivity index (χ0) is 19.5. The Balaban J connectivity index is 1.94. The molecule has 0 fully saturated rings. The lowest BCUT2D eigenvalue weighted by molar-refractivity contribution is 0.103. The number of aromatic nitrogens is 1. The maximum atomic E-state index is 13.2. The van der Waals surface area contributed by atoms with Crippen molar-refractivity contribution in [1.29, 1.82) is 0 Å². The standard InChI is InChI=1S/C23H14BrNO2S/c24-18-13-11-17(12-14-18)22-25-23(28)19(20(26)15-7-3-1-4-8-15)21(27-22)16-9-5-2-6-10-16/h1-14H. The van der Waals surface area contributed by atoms with Crippen LogP contribution in [-0.2, 0) is 0 Å². The molecule has 0 saturated carbocycles. The number of benzene rings is 3. The number of carbonyl (C=O) groups is 1. The van der Waals surface area contributed by atoms with Crippen molar-refractivity contribution in [1.82, 2.24) is 4.98 Å². The van der Waals surface area contributed by atoms with Crippen LogP contribution in [0.3, 0.4) is 0 Å². The normalized spacial score (nSPS) is 10.6. The van der Waals surface area contributed by atoms with Gasteiger partial charge in [0.05, 0.1) is 0 Å². The third-order valence-corrected chi connectivity index (χ3v) is 5.06. The van der Waals surface area contributed by atoms with Crippen LogP contribution in [0.15, 0.2) is 93.8 Å². The first-order valence-electron chi connectivity index (χ1n) is 8.60. The van der Waals surface area contributed by atoms with Crippen LogP contribution in [0.2, 0.25) is 0 Å². The van der Waals surface area contributed by atoms with Crippen molar-refractivity contribution in [2.45, 2.75) is 0 Å². The van der Waals surface area contributed by atoms with Gasteiger partial charge in [0.1, 0.15) is 10.2 Å². The Bertz CT molecular complexity index is 1190. The van der Waals surface area contributed by atoms with Crippen LogP contribution >= 0.6 is 28.1 Å². The third-order valence-electron chi connectivity index (χ3n) is 4.23. The summed E-state index contributed by atoms with van der Waals surface area (Å²) in [4.78, 5) is 17.6. The van der Waals surface area contributed by atoms with E-state index >= 15 is 0 Å². The van der Waals surface area contributed by atoms with E-state index in [1.165, 1.54) is 0 Å². The van der Waals surface area contributed by atoms with E-state index in [1.807, 2.05) is 72.8 Å². The predicted molar refractivity (Wildman–Crippen MR) is 116 cm³/mol. The van der Waals surface area contributed by atoms with Gasteiger partial charge in [-0.3, -0.25) is 4.79 Å². The van der Waals surface area contributed by atoms with Gasteiger partial charge < -0.3 is 4.42 Å². The Morgan fingerprint density at radius 3 is 2.07 bits per heavy atom. The van der Waals surface area contributed by atoms with E-state index in [1.54, 1.807) is 12.1 Å². The number of hydrogen-bond acceptors (Lipinski definition) is 4. The number of nitrogens with zero attached hydrogens (tertiary/aromatic N) is 1. The maximum absolute atomic E-state index is 13.2. The van der Waals surface area contributed by atoms with E-state index in [2.05, 4.69) is 20.9 Å². The highest BCUT2D eigenvalue weighted by Gasteiger charge is 2.21. The molecular formula is C23H14BrNO2S. The SMILES string of the molecule is O=C(c1ccccc1)c1c(-c2ccccc2)oc(-c2ccc(Br)cc2)nc1=S. The van der Waals surface area contributed by atoms with Crippen LogP contribution in [0.5, 0.6) is 0 Å². The average Bonchev–Trinajstić information content (AvgIpc) is 2.74. The molecule has 0 saturated heterocycles. The monoisotopic (exact) mass is 447 g/mol. The molecule has 0 aliphatic carbocycles. The number of rotatable bonds is 4. The summed E-state index contributed by atoms with van der Waals surface area (Å²) in [5.74, 6) is 0.594. The van der Waals surface area contributed by atoms with Crippen molar-refractivity contribution < 1.29 is 9.21 Å². The fourth-order valence-electron chi connectivity index (χ4n) is 2.86. The highest BCUT2D eigenvalue weighted by atomic mass is 79.9. The second-order valence-corrected chi connectivity index (χ2v) is 7.40. The summed E-state index contributed by atoms with van der Waals surface area (Å²) in [5, 5.41) is 0. The topological polar surface area (TPSA) is 43.1 Å². The summed E-state index contributed by atoms with van der Waals surface area (Å²) in [6, 6.07) is 26.1. The number of halogens is 1. The molecule has 28 heavy (non-hydrogen) atoms. The summed E-state index contributed by atoms with van der Waals surface area (Å²) in [7, 11) is 0. The molecule has 0 atom stereocenters. The van der Waals surface area contributed by atoms with Crippen molar-refractivity contribution in [3.63, 3.8) is 0 Å². The van der Waals surface area contributed by atoms with Crippen LogP contribution in [0.4, 0.5) is 0 Å². The molecule has 0 radical (unpaired) electrons. The van der Waals surface area contributed by atoms with Crippen molar-refractivity contribution in [2.75, 3.05) is 0 Å². The zero-order valence-electron chi connectivity index (χ0n) is 14.6. The maximum Gasteiger partial charge on any atom is 0.227 e. The van der Waals surface area contributed by atoms with E-state index in [0.717, 1.165) is 15.6 Å². The summed E-state index contributed by atoms with van der Waals surface area (Å²) in [6.45, 7) is 0. The summed E-state index contributed by atoms with van der Waals surface area (Å²) in [6.07, 6.45) is 0. The number of hydrogen-bond donors (Lipinski definition) is 0. The van der Waals surface area contributed by atoms with Crippen molar-refractivity contribution in [3.8, 4) is 22.8 Å². The molecule has 136 valence electrons. The van der Waals surface area contributed by atoms with E-state index in [4.69, 9.17) is 16.6 Å². The van der Waals surface area contributed by atoms with Crippen molar-refractivity contribution >= 4 is 33.9 Å². The molecule has 5 heteroatoms. The van der Waals surface area contributed by atoms with Gasteiger partial charge in [-0.05, 0) is 24.3 Å². The van der Waals surface area contributed by atoms with Gasteiger partial charge in [0.15, 0.2) is 11.5 Å². The molecule has 1 heterocycles. The van der Waals surface area contributed by atoms with E-state index < -0.39 is 0 Å². The Labute approximate surface area is 175 Å². The number of ketones is 1. The quantitative estimate of drug-likeness (QED) is 0.256. The van der Waals surface area contributed by atoms with Crippen LogP contribution in [-0.4, -0.2) is 10.8 Å². The van der Waals surface area contributed by atoms with Gasteiger partial charge in [-0.15, -0.1) is 0 Å². The van der Waals surface area contributed by atoms with Crippen LogP contribution in [0.25, 0.3) is 22.8 Å². The first-order valence-corrected chi connectivity index (χ1v) is 9.80. The lowest BCUT2D eigenvalue weighted by atomic mass is 10.0. The largest absolute Gasteiger partial charge is 0.437 e. The molecule has 0 unspecified atom stereocenters. The predicted octanol–water partition coefficient (Wildman–Crippen LogP) is 6.73. The fourth-order valence-corrected chi connectivity index (χ4v) is 3.39. The van der Waals surface area contributed by atoms with Gasteiger partial charge in [-0.25, -0.2) is 4.98 Å². The second-order valence-electron chi connectivity index (χ2n) is 6.10. The molecule has 0 N–H and O–H groups in total. The first-order chi connectivity index (χ1) is 13.6. The lowest BCUT2D eigenvalue weighted by Crippen LogP contribution is -2.06. The van der Waals surface area contributed by atoms with Gasteiger partial charge in [-0.2, -0.15) is 0 Å². The first kappa shape index (κ1) is 18.5. The third kappa shape index (κ3) is 3.72. The minimum absolute atomic E-state index is 0.206. The molecule has 0 spiro atoms. The van der Waals surface area contributed by atoms with Gasteiger partial charge in [0.2, 0.25) is 5.89 Å². The molecule has 4 rings (SSSR count). The molecule has 0 amide bonds. The molecule has 3 aromatic carbocycles.